The predicted molar refractivity (Wildman–Crippen MR) is 57.0 cm³/mol. The van der Waals surface area contributed by atoms with Gasteiger partial charge in [-0.3, -0.25) is 4.79 Å². The van der Waals surface area contributed by atoms with Crippen molar-refractivity contribution in [2.75, 3.05) is 6.54 Å². The van der Waals surface area contributed by atoms with E-state index in [-0.39, 0.29) is 5.56 Å². The number of carbonyl (C=O) groups is 1. The van der Waals surface area contributed by atoms with E-state index in [9.17, 15) is 22.4 Å². The van der Waals surface area contributed by atoms with Gasteiger partial charge in [-0.2, -0.15) is 0 Å². The van der Waals surface area contributed by atoms with Crippen molar-refractivity contribution in [3.8, 4) is 0 Å². The van der Waals surface area contributed by atoms with Crippen molar-refractivity contribution in [2.24, 2.45) is 0 Å². The van der Waals surface area contributed by atoms with Crippen molar-refractivity contribution in [2.45, 2.75) is 12.8 Å². The molecule has 0 aliphatic heterocycles. The zero-order chi connectivity index (χ0) is 13.2. The Labute approximate surface area is 103 Å². The summed E-state index contributed by atoms with van der Waals surface area (Å²) in [6.45, 7) is -0.277. The highest BCUT2D eigenvalue weighted by atomic mass is 79.9. The maximum atomic E-state index is 13.1. The van der Waals surface area contributed by atoms with E-state index in [2.05, 4.69) is 15.9 Å². The van der Waals surface area contributed by atoms with Gasteiger partial charge in [0.05, 0.1) is 11.0 Å². The SMILES string of the molecule is CC(F)(F)CNC(=O)c1cc(F)c(Br)c(F)c1. The molecule has 94 valence electrons. The van der Waals surface area contributed by atoms with Crippen LogP contribution in [0.1, 0.15) is 17.3 Å². The van der Waals surface area contributed by atoms with E-state index in [1.165, 1.54) is 0 Å². The minimum Gasteiger partial charge on any atom is -0.346 e. The van der Waals surface area contributed by atoms with Crippen molar-refractivity contribution >= 4 is 21.8 Å². The van der Waals surface area contributed by atoms with E-state index in [1.54, 1.807) is 0 Å². The first-order chi connectivity index (χ1) is 7.70. The molecule has 0 spiro atoms. The fourth-order valence-electron chi connectivity index (χ4n) is 1.02. The van der Waals surface area contributed by atoms with E-state index in [1.807, 2.05) is 5.32 Å². The maximum Gasteiger partial charge on any atom is 0.262 e. The Hall–Kier alpha value is -1.11. The van der Waals surface area contributed by atoms with E-state index >= 15 is 0 Å². The quantitative estimate of drug-likeness (QED) is 0.674. The molecule has 1 amide bonds. The number of halogens is 5. The fourth-order valence-corrected chi connectivity index (χ4v) is 1.25. The monoisotopic (exact) mass is 313 g/mol. The number of rotatable bonds is 3. The number of hydrogen-bond acceptors (Lipinski definition) is 1. The molecule has 1 aromatic carbocycles. The highest BCUT2D eigenvalue weighted by molar-refractivity contribution is 9.10. The van der Waals surface area contributed by atoms with Gasteiger partial charge in [-0.05, 0) is 28.1 Å². The maximum absolute atomic E-state index is 13.1. The van der Waals surface area contributed by atoms with Gasteiger partial charge in [0.25, 0.3) is 11.8 Å². The molecule has 0 aliphatic rings. The molecule has 0 unspecified atom stereocenters. The normalized spacial score (nSPS) is 11.4. The summed E-state index contributed by atoms with van der Waals surface area (Å²) >= 11 is 2.63. The van der Waals surface area contributed by atoms with Crippen LogP contribution in [-0.2, 0) is 0 Å². The fraction of sp³-hybridized carbons (Fsp3) is 0.300. The summed E-state index contributed by atoms with van der Waals surface area (Å²) in [6, 6.07) is 1.52. The first-order valence-electron chi connectivity index (χ1n) is 4.51. The lowest BCUT2D eigenvalue weighted by Crippen LogP contribution is -2.34. The van der Waals surface area contributed by atoms with Crippen molar-refractivity contribution < 1.29 is 22.4 Å². The van der Waals surface area contributed by atoms with Crippen molar-refractivity contribution in [3.05, 3.63) is 33.8 Å². The molecule has 0 heterocycles. The van der Waals surface area contributed by atoms with Crippen LogP contribution in [0.15, 0.2) is 16.6 Å². The largest absolute Gasteiger partial charge is 0.346 e. The molecular formula is C10H8BrF4NO. The molecule has 1 rings (SSSR count). The topological polar surface area (TPSA) is 29.1 Å². The molecule has 17 heavy (non-hydrogen) atoms. The van der Waals surface area contributed by atoms with Gasteiger partial charge >= 0.3 is 0 Å². The number of alkyl halides is 2. The standard InChI is InChI=1S/C10H8BrF4NO/c1-10(14,15)4-16-9(17)5-2-6(12)8(11)7(13)3-5/h2-3H,4H2,1H3,(H,16,17). The molecule has 0 atom stereocenters. The molecule has 0 aliphatic carbocycles. The zero-order valence-electron chi connectivity index (χ0n) is 8.66. The van der Waals surface area contributed by atoms with Crippen LogP contribution in [0, 0.1) is 11.6 Å². The van der Waals surface area contributed by atoms with Gasteiger partial charge in [0.15, 0.2) is 0 Å². The Morgan fingerprint density at radius 2 is 1.82 bits per heavy atom. The number of carbonyl (C=O) groups excluding carboxylic acids is 1. The Bertz CT molecular complexity index is 421. The van der Waals surface area contributed by atoms with Gasteiger partial charge in [0.2, 0.25) is 0 Å². The predicted octanol–water partition coefficient (Wildman–Crippen LogP) is 3.11. The molecule has 1 N–H and O–H groups in total. The van der Waals surface area contributed by atoms with Crippen LogP contribution in [-0.4, -0.2) is 18.4 Å². The summed E-state index contributed by atoms with van der Waals surface area (Å²) in [5.41, 5.74) is -0.354. The molecule has 0 aromatic heterocycles. The number of nitrogens with one attached hydrogen (secondary N) is 1. The van der Waals surface area contributed by atoms with Crippen LogP contribution in [0.5, 0.6) is 0 Å². The summed E-state index contributed by atoms with van der Waals surface area (Å²) in [6.07, 6.45) is 0. The second-order valence-corrected chi connectivity index (χ2v) is 4.30. The molecule has 0 saturated heterocycles. The molecule has 7 heteroatoms. The summed E-state index contributed by atoms with van der Waals surface area (Å²) < 4.78 is 50.6. The lowest BCUT2D eigenvalue weighted by atomic mass is 10.2. The average molecular weight is 314 g/mol. The summed E-state index contributed by atoms with van der Waals surface area (Å²) in [7, 11) is 0. The molecule has 0 saturated carbocycles. The van der Waals surface area contributed by atoms with Crippen LogP contribution < -0.4 is 5.32 Å². The second kappa shape index (κ2) is 5.03. The van der Waals surface area contributed by atoms with E-state index in [0.29, 0.717) is 6.92 Å². The number of amides is 1. The molecular weight excluding hydrogens is 306 g/mol. The lowest BCUT2D eigenvalue weighted by molar-refractivity contribution is 0.0221. The van der Waals surface area contributed by atoms with Crippen LogP contribution in [0.4, 0.5) is 17.6 Å². The van der Waals surface area contributed by atoms with Gasteiger partial charge in [0, 0.05) is 12.5 Å². The van der Waals surface area contributed by atoms with Gasteiger partial charge in [0.1, 0.15) is 11.6 Å². The van der Waals surface area contributed by atoms with Crippen molar-refractivity contribution in [3.63, 3.8) is 0 Å². The summed E-state index contributed by atoms with van der Waals surface area (Å²) in [5, 5.41) is 1.88. The van der Waals surface area contributed by atoms with Gasteiger partial charge < -0.3 is 5.32 Å². The molecule has 2 nitrogen and oxygen atoms in total. The van der Waals surface area contributed by atoms with Gasteiger partial charge in [-0.25, -0.2) is 17.6 Å². The van der Waals surface area contributed by atoms with E-state index in [4.69, 9.17) is 0 Å². The summed E-state index contributed by atoms with van der Waals surface area (Å²) in [5.74, 6) is -5.99. The lowest BCUT2D eigenvalue weighted by Gasteiger charge is -2.11. The van der Waals surface area contributed by atoms with Crippen LogP contribution in [0.3, 0.4) is 0 Å². The third kappa shape index (κ3) is 3.99. The first kappa shape index (κ1) is 14.0. The molecule has 0 fully saturated rings. The third-order valence-electron chi connectivity index (χ3n) is 1.81. The molecule has 0 bridgehead atoms. The van der Waals surface area contributed by atoms with Gasteiger partial charge in [-0.1, -0.05) is 0 Å². The van der Waals surface area contributed by atoms with Crippen molar-refractivity contribution in [1.82, 2.24) is 5.32 Å². The third-order valence-corrected chi connectivity index (χ3v) is 2.56. The summed E-state index contributed by atoms with van der Waals surface area (Å²) in [4.78, 5) is 11.3. The molecule has 0 radical (unpaired) electrons. The first-order valence-corrected chi connectivity index (χ1v) is 5.30. The Morgan fingerprint density at radius 3 is 2.24 bits per heavy atom. The van der Waals surface area contributed by atoms with Crippen LogP contribution in [0.25, 0.3) is 0 Å². The minimum absolute atomic E-state index is 0.354. The second-order valence-electron chi connectivity index (χ2n) is 3.51. The number of hydrogen-bond donors (Lipinski definition) is 1. The van der Waals surface area contributed by atoms with E-state index < -0.39 is 34.5 Å². The highest BCUT2D eigenvalue weighted by Crippen LogP contribution is 2.21. The van der Waals surface area contributed by atoms with Crippen LogP contribution in [0.2, 0.25) is 0 Å². The highest BCUT2D eigenvalue weighted by Gasteiger charge is 2.22. The average Bonchev–Trinajstić information content (AvgIpc) is 2.20. The Balaban J connectivity index is 2.84. The molecule has 1 aromatic rings. The Morgan fingerprint density at radius 1 is 1.35 bits per heavy atom. The van der Waals surface area contributed by atoms with Crippen molar-refractivity contribution in [1.29, 1.82) is 0 Å². The van der Waals surface area contributed by atoms with Crippen LogP contribution >= 0.6 is 15.9 Å². The smallest absolute Gasteiger partial charge is 0.262 e. The van der Waals surface area contributed by atoms with E-state index in [0.717, 1.165) is 12.1 Å². The zero-order valence-corrected chi connectivity index (χ0v) is 10.2. The van der Waals surface area contributed by atoms with Gasteiger partial charge in [-0.15, -0.1) is 0 Å². The minimum atomic E-state index is -3.08. The number of benzene rings is 1. The Kier molecular flexibility index (Phi) is 4.13.